The first kappa shape index (κ1) is 9.28. The van der Waals surface area contributed by atoms with Crippen LogP contribution in [0.4, 0.5) is 0 Å². The topological polar surface area (TPSA) is 65.9 Å². The summed E-state index contributed by atoms with van der Waals surface area (Å²) in [5.41, 5.74) is 1.37. The van der Waals surface area contributed by atoms with Gasteiger partial charge in [0.15, 0.2) is 6.29 Å². The zero-order valence-electron chi connectivity index (χ0n) is 7.86. The summed E-state index contributed by atoms with van der Waals surface area (Å²) in [6.45, 7) is -0.00723. The number of nitrogens with zero attached hydrogens (tertiary/aromatic N) is 1. The zero-order valence-corrected chi connectivity index (χ0v) is 7.86. The van der Waals surface area contributed by atoms with Crippen molar-refractivity contribution in [2.24, 2.45) is 0 Å². The van der Waals surface area contributed by atoms with Crippen LogP contribution in [0.25, 0.3) is 10.9 Å². The number of benzene rings is 1. The molecule has 4 heteroatoms. The number of ether oxygens (including phenoxy) is 1. The van der Waals surface area contributed by atoms with Crippen LogP contribution in [0, 0.1) is 11.3 Å². The van der Waals surface area contributed by atoms with E-state index in [4.69, 9.17) is 10.00 Å². The number of nitrogens with one attached hydrogen (secondary N) is 1. The Hall–Kier alpha value is -2.28. The second-order valence-corrected chi connectivity index (χ2v) is 2.97. The van der Waals surface area contributed by atoms with Gasteiger partial charge in [0.1, 0.15) is 12.4 Å². The number of nitriles is 1. The van der Waals surface area contributed by atoms with Crippen LogP contribution in [0.3, 0.4) is 0 Å². The van der Waals surface area contributed by atoms with E-state index in [2.05, 4.69) is 11.1 Å². The molecule has 2 aromatic rings. The molecule has 0 saturated heterocycles. The van der Waals surface area contributed by atoms with Crippen molar-refractivity contribution in [1.29, 1.82) is 5.26 Å². The molecular weight excluding hydrogens is 192 g/mol. The monoisotopic (exact) mass is 200 g/mol. The number of hydrogen-bond donors (Lipinski definition) is 1. The van der Waals surface area contributed by atoms with Crippen LogP contribution in [-0.4, -0.2) is 17.9 Å². The van der Waals surface area contributed by atoms with Crippen LogP contribution < -0.4 is 4.74 Å². The molecule has 2 rings (SSSR count). The average Bonchev–Trinajstić information content (AvgIpc) is 2.69. The van der Waals surface area contributed by atoms with Gasteiger partial charge in [-0.05, 0) is 12.1 Å². The molecular formula is C11H8N2O2. The summed E-state index contributed by atoms with van der Waals surface area (Å²) < 4.78 is 5.20. The van der Waals surface area contributed by atoms with Crippen LogP contribution in [0.5, 0.6) is 5.75 Å². The molecule has 0 aliphatic rings. The highest BCUT2D eigenvalue weighted by Gasteiger charge is 2.08. The Balaban J connectivity index is 2.56. The van der Waals surface area contributed by atoms with Gasteiger partial charge in [0, 0.05) is 6.20 Å². The van der Waals surface area contributed by atoms with Gasteiger partial charge in [0.05, 0.1) is 22.5 Å². The number of fused-ring (bicyclic) bond motifs is 1. The fourth-order valence-corrected chi connectivity index (χ4v) is 1.48. The first-order chi connectivity index (χ1) is 7.36. The quantitative estimate of drug-likeness (QED) is 0.765. The van der Waals surface area contributed by atoms with Crippen molar-refractivity contribution in [2.75, 3.05) is 6.61 Å². The smallest absolute Gasteiger partial charge is 0.157 e. The Labute approximate surface area is 86.1 Å². The predicted octanol–water partition coefficient (Wildman–Crippen LogP) is 1.62. The number of aromatic nitrogens is 1. The number of carbonyl (C=O) groups excluding carboxylic acids is 1. The van der Waals surface area contributed by atoms with Gasteiger partial charge in [-0.25, -0.2) is 0 Å². The molecule has 0 radical (unpaired) electrons. The van der Waals surface area contributed by atoms with Crippen molar-refractivity contribution < 1.29 is 9.53 Å². The number of aldehydes is 1. The summed E-state index contributed by atoms with van der Waals surface area (Å²) in [4.78, 5) is 13.2. The molecule has 0 bridgehead atoms. The summed E-state index contributed by atoms with van der Waals surface area (Å²) in [6, 6.07) is 7.44. The van der Waals surface area contributed by atoms with Gasteiger partial charge in [-0.2, -0.15) is 5.26 Å². The van der Waals surface area contributed by atoms with E-state index in [0.29, 0.717) is 17.6 Å². The van der Waals surface area contributed by atoms with E-state index in [0.717, 1.165) is 10.9 Å². The molecule has 1 aromatic heterocycles. The van der Waals surface area contributed by atoms with Crippen LogP contribution >= 0.6 is 0 Å². The highest BCUT2D eigenvalue weighted by Crippen LogP contribution is 2.28. The Morgan fingerprint density at radius 2 is 2.40 bits per heavy atom. The normalized spacial score (nSPS) is 9.80. The molecule has 0 spiro atoms. The Morgan fingerprint density at radius 3 is 3.13 bits per heavy atom. The second-order valence-electron chi connectivity index (χ2n) is 2.97. The molecule has 1 heterocycles. The van der Waals surface area contributed by atoms with Gasteiger partial charge < -0.3 is 9.72 Å². The van der Waals surface area contributed by atoms with Crippen molar-refractivity contribution in [1.82, 2.24) is 4.98 Å². The van der Waals surface area contributed by atoms with E-state index in [1.807, 2.05) is 6.07 Å². The van der Waals surface area contributed by atoms with Crippen LogP contribution in [-0.2, 0) is 4.79 Å². The first-order valence-electron chi connectivity index (χ1n) is 4.43. The third-order valence-electron chi connectivity index (χ3n) is 2.10. The molecule has 0 fully saturated rings. The van der Waals surface area contributed by atoms with Gasteiger partial charge in [-0.3, -0.25) is 4.79 Å². The maximum absolute atomic E-state index is 10.2. The molecule has 0 aliphatic heterocycles. The van der Waals surface area contributed by atoms with E-state index < -0.39 is 0 Å². The molecule has 1 aromatic carbocycles. The molecule has 0 amide bonds. The lowest BCUT2D eigenvalue weighted by molar-refractivity contribution is -0.109. The highest BCUT2D eigenvalue weighted by atomic mass is 16.5. The minimum Gasteiger partial charge on any atom is -0.484 e. The van der Waals surface area contributed by atoms with Gasteiger partial charge in [-0.15, -0.1) is 0 Å². The maximum atomic E-state index is 10.2. The lowest BCUT2D eigenvalue weighted by atomic mass is 10.1. The van der Waals surface area contributed by atoms with Crippen molar-refractivity contribution in [2.45, 2.75) is 0 Å². The number of H-pyrrole nitrogens is 1. The maximum Gasteiger partial charge on any atom is 0.157 e. The molecule has 1 N–H and O–H groups in total. The van der Waals surface area contributed by atoms with Crippen LogP contribution in [0.1, 0.15) is 5.56 Å². The standard InChI is InChI=1S/C11H8N2O2/c12-6-8-2-1-3-9-11(8)10(7-13-9)15-5-4-14/h1-4,7,13H,5H2. The molecule has 15 heavy (non-hydrogen) atoms. The third-order valence-corrected chi connectivity index (χ3v) is 2.10. The summed E-state index contributed by atoms with van der Waals surface area (Å²) in [5.74, 6) is 0.536. The Morgan fingerprint density at radius 1 is 1.53 bits per heavy atom. The lowest BCUT2D eigenvalue weighted by Crippen LogP contribution is -1.96. The Kier molecular flexibility index (Phi) is 2.38. The first-order valence-corrected chi connectivity index (χ1v) is 4.43. The van der Waals surface area contributed by atoms with E-state index in [-0.39, 0.29) is 6.61 Å². The fourth-order valence-electron chi connectivity index (χ4n) is 1.48. The van der Waals surface area contributed by atoms with Crippen molar-refractivity contribution in [3.63, 3.8) is 0 Å². The number of rotatable bonds is 3. The summed E-state index contributed by atoms with van der Waals surface area (Å²) in [7, 11) is 0. The average molecular weight is 200 g/mol. The largest absolute Gasteiger partial charge is 0.484 e. The molecule has 4 nitrogen and oxygen atoms in total. The SMILES string of the molecule is N#Cc1cccc2[nH]cc(OCC=O)c12. The number of carbonyl (C=O) groups is 1. The van der Waals surface area contributed by atoms with E-state index in [1.165, 1.54) is 0 Å². The van der Waals surface area contributed by atoms with Crippen molar-refractivity contribution in [3.05, 3.63) is 30.0 Å². The van der Waals surface area contributed by atoms with Gasteiger partial charge in [-0.1, -0.05) is 6.07 Å². The number of aromatic amines is 1. The molecule has 0 unspecified atom stereocenters. The fraction of sp³-hybridized carbons (Fsp3) is 0.0909. The van der Waals surface area contributed by atoms with Gasteiger partial charge >= 0.3 is 0 Å². The predicted molar refractivity (Wildman–Crippen MR) is 54.6 cm³/mol. The Bertz CT molecular complexity index is 537. The minimum absolute atomic E-state index is 0.00723. The third kappa shape index (κ3) is 1.55. The summed E-state index contributed by atoms with van der Waals surface area (Å²) in [5, 5.41) is 9.64. The van der Waals surface area contributed by atoms with Gasteiger partial charge in [0.25, 0.3) is 0 Å². The van der Waals surface area contributed by atoms with E-state index in [1.54, 1.807) is 18.3 Å². The molecule has 0 aliphatic carbocycles. The number of hydrogen-bond acceptors (Lipinski definition) is 3. The summed E-state index contributed by atoms with van der Waals surface area (Å²) >= 11 is 0. The minimum atomic E-state index is -0.00723. The van der Waals surface area contributed by atoms with Crippen molar-refractivity contribution >= 4 is 17.2 Å². The van der Waals surface area contributed by atoms with Gasteiger partial charge in [0.2, 0.25) is 0 Å². The van der Waals surface area contributed by atoms with Crippen LogP contribution in [0.15, 0.2) is 24.4 Å². The zero-order chi connectivity index (χ0) is 10.7. The second kappa shape index (κ2) is 3.84. The van der Waals surface area contributed by atoms with Crippen molar-refractivity contribution in [3.8, 4) is 11.8 Å². The molecule has 0 atom stereocenters. The molecule has 0 saturated carbocycles. The van der Waals surface area contributed by atoms with Crippen LogP contribution in [0.2, 0.25) is 0 Å². The highest BCUT2D eigenvalue weighted by molar-refractivity contribution is 5.91. The molecule has 74 valence electrons. The summed E-state index contributed by atoms with van der Waals surface area (Å²) in [6.07, 6.45) is 2.32. The van der Waals surface area contributed by atoms with E-state index >= 15 is 0 Å². The van der Waals surface area contributed by atoms with E-state index in [9.17, 15) is 4.79 Å². The lowest BCUT2D eigenvalue weighted by Gasteiger charge is -2.00.